The molecule has 4 rings (SSSR count). The minimum atomic E-state index is -2.70. The number of benzene rings is 1. The number of ketones is 4. The number of fused-ring (bicyclic) bond motifs is 3. The van der Waals surface area contributed by atoms with Crippen LogP contribution in [0.4, 0.5) is 0 Å². The summed E-state index contributed by atoms with van der Waals surface area (Å²) in [6.07, 6.45) is -0.975. The van der Waals surface area contributed by atoms with Crippen LogP contribution in [-0.4, -0.2) is 81.1 Å². The number of Topliss-reactive ketones (excluding diaryl/α,β-unsaturated/α-hetero) is 4. The van der Waals surface area contributed by atoms with Gasteiger partial charge in [-0.05, 0) is 55.5 Å². The number of carbonyl (C=O) groups is 5. The highest BCUT2D eigenvalue weighted by Gasteiger charge is 2.69. The Balaban J connectivity index is 1.79. The van der Waals surface area contributed by atoms with Gasteiger partial charge in [0.05, 0.1) is 17.6 Å². The van der Waals surface area contributed by atoms with E-state index in [-0.39, 0.29) is 41.8 Å². The molecule has 7 atom stereocenters. The largest absolute Gasteiger partial charge is 0.507 e. The molecule has 2 fully saturated rings. The van der Waals surface area contributed by atoms with Crippen molar-refractivity contribution in [1.82, 2.24) is 4.90 Å². The van der Waals surface area contributed by atoms with E-state index >= 15 is 0 Å². The lowest BCUT2D eigenvalue weighted by Crippen LogP contribution is -2.75. The molecule has 2 saturated carbocycles. The highest BCUT2D eigenvalue weighted by atomic mass is 16.3. The lowest BCUT2D eigenvalue weighted by Gasteiger charge is -2.54. The van der Waals surface area contributed by atoms with Crippen LogP contribution < -0.4 is 5.73 Å². The van der Waals surface area contributed by atoms with Gasteiger partial charge < -0.3 is 26.0 Å². The first-order valence-electron chi connectivity index (χ1n) is 12.8. The van der Waals surface area contributed by atoms with E-state index in [0.29, 0.717) is 17.5 Å². The molecular formula is C28H36N2O8. The van der Waals surface area contributed by atoms with Crippen LogP contribution in [0.2, 0.25) is 0 Å². The van der Waals surface area contributed by atoms with Crippen molar-refractivity contribution in [2.75, 3.05) is 14.1 Å². The monoisotopic (exact) mass is 528 g/mol. The average molecular weight is 529 g/mol. The van der Waals surface area contributed by atoms with Crippen molar-refractivity contribution < 1.29 is 39.3 Å². The second-order valence-corrected chi connectivity index (χ2v) is 12.5. The van der Waals surface area contributed by atoms with Crippen LogP contribution in [0.25, 0.3) is 0 Å². The number of nitrogens with zero attached hydrogens (tertiary/aromatic N) is 1. The number of nitrogens with two attached hydrogens (primary N) is 1. The highest BCUT2D eigenvalue weighted by molar-refractivity contribution is 6.25. The quantitative estimate of drug-likeness (QED) is 0.389. The number of hydrogen-bond donors (Lipinski definition) is 4. The normalized spacial score (nSPS) is 33.0. The number of aromatic hydroxyl groups is 1. The molecule has 1 aromatic rings. The van der Waals surface area contributed by atoms with Gasteiger partial charge in [-0.15, -0.1) is 0 Å². The summed E-state index contributed by atoms with van der Waals surface area (Å²) in [6, 6.07) is 1.96. The predicted octanol–water partition coefficient (Wildman–Crippen LogP) is 0.207. The summed E-state index contributed by atoms with van der Waals surface area (Å²) >= 11 is 0. The number of phenolic OH excluding ortho intramolecular Hbond substituents is 1. The summed E-state index contributed by atoms with van der Waals surface area (Å²) in [5.41, 5.74) is 3.45. The molecule has 10 heteroatoms. The Hall–Kier alpha value is -2.95. The van der Waals surface area contributed by atoms with Crippen LogP contribution in [0.1, 0.15) is 55.1 Å². The molecule has 1 amide bonds. The molecule has 0 aromatic heterocycles. The van der Waals surface area contributed by atoms with E-state index < -0.39 is 64.7 Å². The van der Waals surface area contributed by atoms with Gasteiger partial charge in [0.25, 0.3) is 0 Å². The Labute approximate surface area is 221 Å². The van der Waals surface area contributed by atoms with Crippen LogP contribution in [0, 0.1) is 29.1 Å². The Morgan fingerprint density at radius 2 is 1.76 bits per heavy atom. The lowest BCUT2D eigenvalue weighted by molar-refractivity contribution is -0.190. The molecule has 206 valence electrons. The van der Waals surface area contributed by atoms with Gasteiger partial charge >= 0.3 is 0 Å². The Kier molecular flexibility index (Phi) is 6.91. The van der Waals surface area contributed by atoms with Crippen molar-refractivity contribution in [1.29, 1.82) is 0 Å². The van der Waals surface area contributed by atoms with Gasteiger partial charge in [-0.25, -0.2) is 0 Å². The number of hydrogen-bond acceptors (Lipinski definition) is 9. The smallest absolute Gasteiger partial charge is 0.230 e. The first-order valence-corrected chi connectivity index (χ1v) is 12.8. The molecule has 0 heterocycles. The number of phenols is 1. The number of likely N-dealkylation sites (N-methyl/N-ethyl adjacent to an activating group) is 1. The molecule has 1 aromatic carbocycles. The Morgan fingerprint density at radius 1 is 1.13 bits per heavy atom. The molecule has 3 unspecified atom stereocenters. The second kappa shape index (κ2) is 9.36. The Morgan fingerprint density at radius 3 is 2.32 bits per heavy atom. The van der Waals surface area contributed by atoms with Crippen molar-refractivity contribution in [2.45, 2.75) is 64.2 Å². The summed E-state index contributed by atoms with van der Waals surface area (Å²) < 4.78 is 0. The minimum Gasteiger partial charge on any atom is -0.507 e. The van der Waals surface area contributed by atoms with Crippen LogP contribution in [0.15, 0.2) is 12.1 Å². The van der Waals surface area contributed by atoms with E-state index in [2.05, 4.69) is 0 Å². The first-order chi connectivity index (χ1) is 17.5. The maximum absolute atomic E-state index is 13.8. The van der Waals surface area contributed by atoms with Gasteiger partial charge in [0.2, 0.25) is 5.91 Å². The molecule has 0 radical (unpaired) electrons. The van der Waals surface area contributed by atoms with Gasteiger partial charge in [-0.1, -0.05) is 26.8 Å². The highest BCUT2D eigenvalue weighted by Crippen LogP contribution is 2.51. The summed E-state index contributed by atoms with van der Waals surface area (Å²) in [5, 5.41) is 33.2. The minimum absolute atomic E-state index is 0.0276. The molecule has 5 N–H and O–H groups in total. The maximum Gasteiger partial charge on any atom is 0.230 e. The summed E-state index contributed by atoms with van der Waals surface area (Å²) in [4.78, 5) is 67.3. The lowest BCUT2D eigenvalue weighted by atomic mass is 9.52. The molecule has 0 bridgehead atoms. The van der Waals surface area contributed by atoms with Crippen molar-refractivity contribution in [3.05, 3.63) is 28.8 Å². The summed E-state index contributed by atoms with van der Waals surface area (Å²) in [6.45, 7) is 5.85. The fraction of sp³-hybridized carbons (Fsp3) is 0.607. The van der Waals surface area contributed by atoms with Crippen LogP contribution >= 0.6 is 0 Å². The van der Waals surface area contributed by atoms with E-state index in [1.807, 2.05) is 20.8 Å². The average Bonchev–Trinajstić information content (AvgIpc) is 2.76. The fourth-order valence-electron chi connectivity index (χ4n) is 6.92. The van der Waals surface area contributed by atoms with Gasteiger partial charge in [-0.2, -0.15) is 0 Å². The molecule has 0 aliphatic heterocycles. The van der Waals surface area contributed by atoms with E-state index in [4.69, 9.17) is 5.73 Å². The topological polar surface area (TPSA) is 175 Å². The number of aliphatic hydroxyl groups is 2. The zero-order valence-electron chi connectivity index (χ0n) is 22.4. The molecular weight excluding hydrogens is 492 g/mol. The third kappa shape index (κ3) is 4.28. The molecule has 3 aliphatic carbocycles. The summed E-state index contributed by atoms with van der Waals surface area (Å²) in [7, 11) is 3.19. The van der Waals surface area contributed by atoms with Crippen molar-refractivity contribution in [2.24, 2.45) is 34.8 Å². The molecule has 38 heavy (non-hydrogen) atoms. The number of carbonyl (C=O) groups excluding carboxylic acids is 5. The van der Waals surface area contributed by atoms with E-state index in [1.54, 1.807) is 20.2 Å². The first kappa shape index (κ1) is 28.1. The van der Waals surface area contributed by atoms with Crippen molar-refractivity contribution in [3.63, 3.8) is 0 Å². The van der Waals surface area contributed by atoms with Gasteiger partial charge in [0.1, 0.15) is 17.5 Å². The van der Waals surface area contributed by atoms with Crippen molar-refractivity contribution >= 4 is 29.0 Å². The maximum atomic E-state index is 13.8. The fourth-order valence-corrected chi connectivity index (χ4v) is 6.92. The molecule has 10 nitrogen and oxygen atoms in total. The summed E-state index contributed by atoms with van der Waals surface area (Å²) in [5.74, 6) is -9.49. The molecule has 0 saturated heterocycles. The number of amides is 1. The SMILES string of the molecule is CN(C)[C@H]1C(O)C(C(N)=O)C(=O)[C@]2(O)C(=O)C3C(=O)c4c(O)ccc(CC(=O)CC(C)(C)C)c4C[C@@H]3C[C@H]12. The standard InChI is InChI=1S/C28H36N2O8/c1-27(2,3)11-14(31)8-12-6-7-17(32)19-15(12)9-13-10-16-21(30(4)5)23(34)20(26(29)37)25(36)28(16,38)24(35)18(13)22(19)33/h6-7,13,16,18,20-21,23,32,34,38H,8-11H2,1-5H3,(H2,29,37)/t13-,16-,18?,20?,21-,23?,28-/m1/s1. The zero-order chi connectivity index (χ0) is 28.5. The van der Waals surface area contributed by atoms with Gasteiger partial charge in [0.15, 0.2) is 23.0 Å². The second-order valence-electron chi connectivity index (χ2n) is 12.5. The van der Waals surface area contributed by atoms with E-state index in [1.165, 1.54) is 11.0 Å². The Bertz CT molecular complexity index is 1230. The molecule has 0 spiro atoms. The van der Waals surface area contributed by atoms with Gasteiger partial charge in [-0.3, -0.25) is 24.0 Å². The van der Waals surface area contributed by atoms with Crippen LogP contribution in [0.5, 0.6) is 5.75 Å². The zero-order valence-corrected chi connectivity index (χ0v) is 22.4. The van der Waals surface area contributed by atoms with Crippen LogP contribution in [-0.2, 0) is 32.0 Å². The predicted molar refractivity (Wildman–Crippen MR) is 135 cm³/mol. The van der Waals surface area contributed by atoms with E-state index in [9.17, 15) is 39.3 Å². The number of primary amides is 1. The van der Waals surface area contributed by atoms with Crippen molar-refractivity contribution in [3.8, 4) is 5.75 Å². The number of rotatable bonds is 5. The third-order valence-corrected chi connectivity index (χ3v) is 8.39. The van der Waals surface area contributed by atoms with E-state index in [0.717, 1.165) is 0 Å². The number of aliphatic hydroxyl groups excluding tert-OH is 1. The third-order valence-electron chi connectivity index (χ3n) is 8.39. The van der Waals surface area contributed by atoms with Crippen LogP contribution in [0.3, 0.4) is 0 Å². The molecule has 3 aliphatic rings. The van der Waals surface area contributed by atoms with Gasteiger partial charge in [0, 0.05) is 24.8 Å².